The first-order valence-electron chi connectivity index (χ1n) is 4.28. The Labute approximate surface area is 92.2 Å². The van der Waals surface area contributed by atoms with Crippen LogP contribution < -0.4 is 4.74 Å². The molecule has 0 radical (unpaired) electrons. The normalized spacial score (nSPS) is 10.5. The van der Waals surface area contributed by atoms with Gasteiger partial charge in [0.25, 0.3) is 0 Å². The molecule has 1 aromatic rings. The zero-order valence-electron chi connectivity index (χ0n) is 8.11. The summed E-state index contributed by atoms with van der Waals surface area (Å²) in [6.07, 6.45) is 4.84. The van der Waals surface area contributed by atoms with Crippen molar-refractivity contribution in [1.82, 2.24) is 4.98 Å². The molecule has 0 atom stereocenters. The Morgan fingerprint density at radius 2 is 2.47 bits per heavy atom. The van der Waals surface area contributed by atoms with Gasteiger partial charge in [0.15, 0.2) is 0 Å². The standard InChI is InChI=1S/C10H10ClNO3/c1-2-3-4-15-9-8(11)5-7(6-12-9)10(13)14/h2-3,5-6H,4H2,1H3,(H,13,14). The maximum Gasteiger partial charge on any atom is 0.337 e. The Balaban J connectivity index is 2.79. The fourth-order valence-electron chi connectivity index (χ4n) is 0.872. The van der Waals surface area contributed by atoms with E-state index >= 15 is 0 Å². The Kier molecular flexibility index (Phi) is 4.12. The van der Waals surface area contributed by atoms with Gasteiger partial charge in [-0.3, -0.25) is 0 Å². The molecule has 0 aliphatic heterocycles. The van der Waals surface area contributed by atoms with Crippen LogP contribution >= 0.6 is 11.6 Å². The van der Waals surface area contributed by atoms with E-state index in [1.165, 1.54) is 12.3 Å². The first-order valence-corrected chi connectivity index (χ1v) is 4.65. The van der Waals surface area contributed by atoms with Gasteiger partial charge < -0.3 is 9.84 Å². The van der Waals surface area contributed by atoms with Gasteiger partial charge in [-0.05, 0) is 13.0 Å². The van der Waals surface area contributed by atoms with Crippen LogP contribution in [0.1, 0.15) is 17.3 Å². The lowest BCUT2D eigenvalue weighted by Gasteiger charge is -2.04. The van der Waals surface area contributed by atoms with E-state index in [4.69, 9.17) is 21.4 Å². The molecule has 15 heavy (non-hydrogen) atoms. The van der Waals surface area contributed by atoms with E-state index in [1.807, 2.05) is 13.0 Å². The number of carboxylic acids is 1. The van der Waals surface area contributed by atoms with Crippen molar-refractivity contribution in [2.24, 2.45) is 0 Å². The molecule has 0 saturated heterocycles. The summed E-state index contributed by atoms with van der Waals surface area (Å²) in [4.78, 5) is 14.4. The van der Waals surface area contributed by atoms with Gasteiger partial charge in [-0.15, -0.1) is 0 Å². The van der Waals surface area contributed by atoms with Crippen molar-refractivity contribution in [2.75, 3.05) is 6.61 Å². The van der Waals surface area contributed by atoms with Crippen molar-refractivity contribution in [3.8, 4) is 5.88 Å². The van der Waals surface area contributed by atoms with Gasteiger partial charge in [0.2, 0.25) is 5.88 Å². The molecule has 1 heterocycles. The summed E-state index contributed by atoms with van der Waals surface area (Å²) in [5.74, 6) is -0.829. The van der Waals surface area contributed by atoms with E-state index < -0.39 is 5.97 Å². The topological polar surface area (TPSA) is 59.4 Å². The number of hydrogen-bond donors (Lipinski definition) is 1. The highest BCUT2D eigenvalue weighted by molar-refractivity contribution is 6.32. The zero-order valence-corrected chi connectivity index (χ0v) is 8.86. The summed E-state index contributed by atoms with van der Waals surface area (Å²) in [6.45, 7) is 2.22. The summed E-state index contributed by atoms with van der Waals surface area (Å²) in [5, 5.41) is 8.86. The maximum atomic E-state index is 10.6. The van der Waals surface area contributed by atoms with E-state index in [0.717, 1.165) is 0 Å². The summed E-state index contributed by atoms with van der Waals surface area (Å²) in [5.41, 5.74) is 0.0402. The number of aromatic nitrogens is 1. The number of hydrogen-bond acceptors (Lipinski definition) is 3. The molecule has 0 aliphatic carbocycles. The molecule has 0 aliphatic rings. The van der Waals surface area contributed by atoms with Crippen molar-refractivity contribution in [2.45, 2.75) is 6.92 Å². The summed E-state index contributed by atoms with van der Waals surface area (Å²) >= 11 is 5.78. The second kappa shape index (κ2) is 5.36. The van der Waals surface area contributed by atoms with Crippen LogP contribution in [-0.4, -0.2) is 22.7 Å². The molecular formula is C10H10ClNO3. The number of pyridine rings is 1. The number of aromatic carboxylic acids is 1. The highest BCUT2D eigenvalue weighted by Crippen LogP contribution is 2.22. The SMILES string of the molecule is CC=CCOc1ncc(C(=O)O)cc1Cl. The van der Waals surface area contributed by atoms with Gasteiger partial charge >= 0.3 is 5.97 Å². The number of ether oxygens (including phenoxy) is 1. The van der Waals surface area contributed by atoms with Gasteiger partial charge in [-0.25, -0.2) is 9.78 Å². The van der Waals surface area contributed by atoms with Crippen LogP contribution in [-0.2, 0) is 0 Å². The third kappa shape index (κ3) is 3.25. The molecular weight excluding hydrogens is 218 g/mol. The van der Waals surface area contributed by atoms with Crippen LogP contribution in [0.15, 0.2) is 24.4 Å². The van der Waals surface area contributed by atoms with Crippen molar-refractivity contribution >= 4 is 17.6 Å². The largest absolute Gasteiger partial charge is 0.478 e. The van der Waals surface area contributed by atoms with Crippen LogP contribution in [0, 0.1) is 0 Å². The first kappa shape index (κ1) is 11.5. The smallest absolute Gasteiger partial charge is 0.337 e. The second-order valence-corrected chi connectivity index (χ2v) is 3.10. The Morgan fingerprint density at radius 1 is 1.73 bits per heavy atom. The quantitative estimate of drug-likeness (QED) is 0.803. The fourth-order valence-corrected chi connectivity index (χ4v) is 1.09. The summed E-state index contributed by atoms with van der Waals surface area (Å²) < 4.78 is 5.19. The molecule has 0 amide bonds. The Hall–Kier alpha value is -1.55. The third-order valence-electron chi connectivity index (χ3n) is 1.61. The number of halogens is 1. The first-order chi connectivity index (χ1) is 7.15. The molecule has 0 fully saturated rings. The van der Waals surface area contributed by atoms with Crippen molar-refractivity contribution in [3.05, 3.63) is 35.0 Å². The minimum Gasteiger partial charge on any atom is -0.478 e. The minimum atomic E-state index is -1.07. The van der Waals surface area contributed by atoms with Crippen molar-refractivity contribution in [1.29, 1.82) is 0 Å². The Bertz CT molecular complexity index is 390. The lowest BCUT2D eigenvalue weighted by Crippen LogP contribution is -2.01. The number of carboxylic acid groups (broad SMARTS) is 1. The highest BCUT2D eigenvalue weighted by atomic mass is 35.5. The van der Waals surface area contributed by atoms with Crippen molar-refractivity contribution < 1.29 is 14.6 Å². The molecule has 1 rings (SSSR count). The van der Waals surface area contributed by atoms with Crippen LogP contribution in [0.4, 0.5) is 0 Å². The van der Waals surface area contributed by atoms with Crippen LogP contribution in [0.25, 0.3) is 0 Å². The van der Waals surface area contributed by atoms with Crippen molar-refractivity contribution in [3.63, 3.8) is 0 Å². The second-order valence-electron chi connectivity index (χ2n) is 2.70. The third-order valence-corrected chi connectivity index (χ3v) is 1.88. The molecule has 0 spiro atoms. The average molecular weight is 228 g/mol. The fraction of sp³-hybridized carbons (Fsp3) is 0.200. The van der Waals surface area contributed by atoms with E-state index in [9.17, 15) is 4.79 Å². The summed E-state index contributed by atoms with van der Waals surface area (Å²) in [7, 11) is 0. The molecule has 0 bridgehead atoms. The van der Waals surface area contributed by atoms with Crippen LogP contribution in [0.2, 0.25) is 5.02 Å². The number of nitrogens with zero attached hydrogens (tertiary/aromatic N) is 1. The molecule has 4 nitrogen and oxygen atoms in total. The number of allylic oxidation sites excluding steroid dienone is 1. The molecule has 0 aromatic carbocycles. The van der Waals surface area contributed by atoms with E-state index in [1.54, 1.807) is 6.08 Å². The maximum absolute atomic E-state index is 10.6. The van der Waals surface area contributed by atoms with E-state index in [0.29, 0.717) is 6.61 Å². The van der Waals surface area contributed by atoms with E-state index in [-0.39, 0.29) is 16.5 Å². The lowest BCUT2D eigenvalue weighted by atomic mass is 10.3. The molecule has 1 aromatic heterocycles. The van der Waals surface area contributed by atoms with Crippen LogP contribution in [0.5, 0.6) is 5.88 Å². The molecule has 0 saturated carbocycles. The van der Waals surface area contributed by atoms with Gasteiger partial charge in [0.05, 0.1) is 5.56 Å². The average Bonchev–Trinajstić information content (AvgIpc) is 2.20. The van der Waals surface area contributed by atoms with Gasteiger partial charge in [-0.2, -0.15) is 0 Å². The molecule has 1 N–H and O–H groups in total. The summed E-state index contributed by atoms with van der Waals surface area (Å²) in [6, 6.07) is 1.31. The van der Waals surface area contributed by atoms with Gasteiger partial charge in [0.1, 0.15) is 11.6 Å². The number of rotatable bonds is 4. The number of carbonyl (C=O) groups is 1. The monoisotopic (exact) mass is 227 g/mol. The minimum absolute atomic E-state index is 0.0402. The van der Waals surface area contributed by atoms with Gasteiger partial charge in [-0.1, -0.05) is 23.8 Å². The van der Waals surface area contributed by atoms with Gasteiger partial charge in [0, 0.05) is 6.20 Å². The van der Waals surface area contributed by atoms with Crippen LogP contribution in [0.3, 0.4) is 0 Å². The van der Waals surface area contributed by atoms with E-state index in [2.05, 4.69) is 4.98 Å². The molecule has 0 unspecified atom stereocenters. The highest BCUT2D eigenvalue weighted by Gasteiger charge is 2.08. The predicted octanol–water partition coefficient (Wildman–Crippen LogP) is 2.39. The molecule has 5 heteroatoms. The lowest BCUT2D eigenvalue weighted by molar-refractivity contribution is 0.0696. The Morgan fingerprint density at radius 3 is 3.00 bits per heavy atom. The molecule has 80 valence electrons. The predicted molar refractivity (Wildman–Crippen MR) is 56.5 cm³/mol. The zero-order chi connectivity index (χ0) is 11.3.